The molecule has 0 spiro atoms. The first-order chi connectivity index (χ1) is 17.1. The van der Waals surface area contributed by atoms with Crippen molar-refractivity contribution in [2.24, 2.45) is 0 Å². The van der Waals surface area contributed by atoms with Crippen molar-refractivity contribution < 1.29 is 13.2 Å². The summed E-state index contributed by atoms with van der Waals surface area (Å²) in [7, 11) is -3.66. The molecule has 0 aliphatic carbocycles. The Morgan fingerprint density at radius 1 is 0.771 bits per heavy atom. The van der Waals surface area contributed by atoms with Gasteiger partial charge in [0.1, 0.15) is 0 Å². The SMILES string of the molecule is O=S(=O)(c1ccc(CNCCCN2CCOCC2)cc1)N(Cc1ccccc1)Cc1ccccc1. The average molecular weight is 494 g/mol. The van der Waals surface area contributed by atoms with E-state index in [1.54, 1.807) is 16.4 Å². The van der Waals surface area contributed by atoms with Gasteiger partial charge in [-0.2, -0.15) is 4.31 Å². The standard InChI is InChI=1S/C28H35N3O3S/c32-35(33,31(23-26-8-3-1-4-9-26)24-27-10-5-2-6-11-27)28-14-12-25(13-15-28)22-29-16-7-17-30-18-20-34-21-19-30/h1-6,8-15,29H,7,16-24H2. The predicted octanol–water partition coefficient (Wildman–Crippen LogP) is 3.89. The van der Waals surface area contributed by atoms with Crippen molar-refractivity contribution in [1.29, 1.82) is 0 Å². The number of rotatable bonds is 12. The maximum atomic E-state index is 13.6. The van der Waals surface area contributed by atoms with E-state index >= 15 is 0 Å². The van der Waals surface area contributed by atoms with E-state index in [0.29, 0.717) is 18.0 Å². The molecule has 0 aromatic heterocycles. The number of hydrogen-bond acceptors (Lipinski definition) is 5. The van der Waals surface area contributed by atoms with Crippen LogP contribution in [0.4, 0.5) is 0 Å². The summed E-state index contributed by atoms with van der Waals surface area (Å²) >= 11 is 0. The van der Waals surface area contributed by atoms with Gasteiger partial charge in [-0.25, -0.2) is 8.42 Å². The summed E-state index contributed by atoms with van der Waals surface area (Å²) in [5.41, 5.74) is 3.00. The van der Waals surface area contributed by atoms with Gasteiger partial charge in [-0.05, 0) is 48.3 Å². The number of sulfonamides is 1. The molecule has 35 heavy (non-hydrogen) atoms. The molecule has 1 aliphatic heterocycles. The summed E-state index contributed by atoms with van der Waals surface area (Å²) in [4.78, 5) is 2.75. The molecule has 1 saturated heterocycles. The highest BCUT2D eigenvalue weighted by Gasteiger charge is 2.25. The van der Waals surface area contributed by atoms with Crippen LogP contribution in [-0.4, -0.2) is 57.0 Å². The summed E-state index contributed by atoms with van der Waals surface area (Å²) in [5, 5.41) is 3.47. The number of ether oxygens (including phenoxy) is 1. The van der Waals surface area contributed by atoms with Gasteiger partial charge in [-0.15, -0.1) is 0 Å². The van der Waals surface area contributed by atoms with Crippen LogP contribution in [-0.2, 0) is 34.4 Å². The highest BCUT2D eigenvalue weighted by Crippen LogP contribution is 2.22. The molecule has 3 aromatic carbocycles. The minimum absolute atomic E-state index is 0.320. The topological polar surface area (TPSA) is 61.9 Å². The molecule has 4 rings (SSSR count). The fourth-order valence-electron chi connectivity index (χ4n) is 4.21. The lowest BCUT2D eigenvalue weighted by molar-refractivity contribution is 0.0374. The smallest absolute Gasteiger partial charge is 0.243 e. The van der Waals surface area contributed by atoms with Crippen molar-refractivity contribution in [3.63, 3.8) is 0 Å². The zero-order chi connectivity index (χ0) is 24.3. The van der Waals surface area contributed by atoms with Crippen molar-refractivity contribution in [2.45, 2.75) is 31.0 Å². The summed E-state index contributed by atoms with van der Waals surface area (Å²) < 4.78 is 34.1. The molecule has 7 heteroatoms. The van der Waals surface area contributed by atoms with Crippen molar-refractivity contribution in [3.05, 3.63) is 102 Å². The minimum Gasteiger partial charge on any atom is -0.379 e. The van der Waals surface area contributed by atoms with Crippen LogP contribution in [0, 0.1) is 0 Å². The number of benzene rings is 3. The van der Waals surface area contributed by atoms with Crippen LogP contribution in [0.25, 0.3) is 0 Å². The molecule has 0 unspecified atom stereocenters. The van der Waals surface area contributed by atoms with E-state index in [9.17, 15) is 8.42 Å². The van der Waals surface area contributed by atoms with Gasteiger partial charge in [0.2, 0.25) is 10.0 Å². The van der Waals surface area contributed by atoms with Crippen molar-refractivity contribution in [1.82, 2.24) is 14.5 Å². The van der Waals surface area contributed by atoms with Crippen molar-refractivity contribution in [3.8, 4) is 0 Å². The van der Waals surface area contributed by atoms with E-state index in [1.165, 1.54) is 0 Å². The highest BCUT2D eigenvalue weighted by molar-refractivity contribution is 7.89. The Kier molecular flexibility index (Phi) is 9.45. The molecular weight excluding hydrogens is 458 g/mol. The van der Waals surface area contributed by atoms with Crippen LogP contribution >= 0.6 is 0 Å². The Morgan fingerprint density at radius 3 is 1.91 bits per heavy atom. The lowest BCUT2D eigenvalue weighted by atomic mass is 10.2. The van der Waals surface area contributed by atoms with Crippen molar-refractivity contribution >= 4 is 10.0 Å². The molecule has 3 aromatic rings. The second kappa shape index (κ2) is 13.0. The van der Waals surface area contributed by atoms with E-state index in [0.717, 1.165) is 69.0 Å². The first-order valence-electron chi connectivity index (χ1n) is 12.3. The minimum atomic E-state index is -3.66. The molecule has 0 amide bonds. The highest BCUT2D eigenvalue weighted by atomic mass is 32.2. The average Bonchev–Trinajstić information content (AvgIpc) is 2.90. The zero-order valence-electron chi connectivity index (χ0n) is 20.2. The zero-order valence-corrected chi connectivity index (χ0v) is 21.0. The summed E-state index contributed by atoms with van der Waals surface area (Å²) in [6.45, 7) is 7.07. The third kappa shape index (κ3) is 7.72. The summed E-state index contributed by atoms with van der Waals surface area (Å²) in [5.74, 6) is 0. The van der Waals surface area contributed by atoms with Crippen LogP contribution in [0.1, 0.15) is 23.1 Å². The number of nitrogens with one attached hydrogen (secondary N) is 1. The molecule has 0 bridgehead atoms. The largest absolute Gasteiger partial charge is 0.379 e. The van der Waals surface area contributed by atoms with E-state index in [4.69, 9.17) is 4.74 Å². The lowest BCUT2D eigenvalue weighted by Crippen LogP contribution is -2.37. The van der Waals surface area contributed by atoms with E-state index in [1.807, 2.05) is 72.8 Å². The Labute approximate surface area is 209 Å². The second-order valence-electron chi connectivity index (χ2n) is 8.87. The number of hydrogen-bond donors (Lipinski definition) is 1. The van der Waals surface area contributed by atoms with Crippen LogP contribution in [0.2, 0.25) is 0 Å². The molecule has 0 saturated carbocycles. The molecule has 186 valence electrons. The van der Waals surface area contributed by atoms with Crippen molar-refractivity contribution in [2.75, 3.05) is 39.4 Å². The Morgan fingerprint density at radius 2 is 1.34 bits per heavy atom. The number of morpholine rings is 1. The van der Waals surface area contributed by atoms with Gasteiger partial charge in [0.15, 0.2) is 0 Å². The molecule has 1 heterocycles. The van der Waals surface area contributed by atoms with Crippen LogP contribution in [0.5, 0.6) is 0 Å². The van der Waals surface area contributed by atoms with E-state index in [-0.39, 0.29) is 0 Å². The molecule has 1 N–H and O–H groups in total. The molecular formula is C28H35N3O3S. The van der Waals surface area contributed by atoms with Gasteiger partial charge in [0.25, 0.3) is 0 Å². The summed E-state index contributed by atoms with van der Waals surface area (Å²) in [6.07, 6.45) is 1.08. The van der Waals surface area contributed by atoms with E-state index < -0.39 is 10.0 Å². The third-order valence-corrected chi connectivity index (χ3v) is 8.03. The van der Waals surface area contributed by atoms with Crippen LogP contribution < -0.4 is 5.32 Å². The first kappa shape index (κ1) is 25.5. The molecule has 0 radical (unpaired) electrons. The third-order valence-electron chi connectivity index (χ3n) is 6.23. The van der Waals surface area contributed by atoms with Gasteiger partial charge in [0.05, 0.1) is 18.1 Å². The fourth-order valence-corrected chi connectivity index (χ4v) is 5.63. The second-order valence-corrected chi connectivity index (χ2v) is 10.8. The van der Waals surface area contributed by atoms with Gasteiger partial charge in [-0.1, -0.05) is 72.8 Å². The molecule has 6 nitrogen and oxygen atoms in total. The summed E-state index contributed by atoms with van der Waals surface area (Å²) in [6, 6.07) is 26.7. The molecule has 1 aliphatic rings. The van der Waals surface area contributed by atoms with E-state index in [2.05, 4.69) is 10.2 Å². The predicted molar refractivity (Wildman–Crippen MR) is 139 cm³/mol. The first-order valence-corrected chi connectivity index (χ1v) is 13.7. The Bertz CT molecular complexity index is 1080. The maximum absolute atomic E-state index is 13.6. The lowest BCUT2D eigenvalue weighted by Gasteiger charge is -2.26. The van der Waals surface area contributed by atoms with Gasteiger partial charge < -0.3 is 10.1 Å². The monoisotopic (exact) mass is 493 g/mol. The maximum Gasteiger partial charge on any atom is 0.243 e. The number of nitrogens with zero attached hydrogens (tertiary/aromatic N) is 2. The Balaban J connectivity index is 1.36. The van der Waals surface area contributed by atoms with Crippen LogP contribution in [0.3, 0.4) is 0 Å². The van der Waals surface area contributed by atoms with Crippen LogP contribution in [0.15, 0.2) is 89.8 Å². The Hall–Kier alpha value is -2.55. The van der Waals surface area contributed by atoms with Gasteiger partial charge >= 0.3 is 0 Å². The normalized spacial score (nSPS) is 14.9. The molecule has 0 atom stereocenters. The van der Waals surface area contributed by atoms with Gasteiger partial charge in [-0.3, -0.25) is 4.90 Å². The quantitative estimate of drug-likeness (QED) is 0.388. The molecule has 1 fully saturated rings. The fraction of sp³-hybridized carbons (Fsp3) is 0.357. The van der Waals surface area contributed by atoms with Gasteiger partial charge in [0, 0.05) is 32.7 Å².